The lowest BCUT2D eigenvalue weighted by Gasteiger charge is -2.16. The standard InChI is InChI=1S/C27H24BrN7O3/c1-32-23(28)14-31-24(32)16-33-12-10-20(15-33)35-25-22(3-2-11-29-25)34(27(35)38)19-8-9-21(30-13-19)17-4-6-18(7-5-17)26(36)37/h2-9,11,13-14,20H,10,12,15-16H2,1H3,(H,36,37). The van der Waals surface area contributed by atoms with Gasteiger partial charge in [0.2, 0.25) is 0 Å². The fourth-order valence-electron chi connectivity index (χ4n) is 5.04. The molecule has 0 amide bonds. The minimum Gasteiger partial charge on any atom is -0.478 e. The average molecular weight is 574 g/mol. The molecule has 1 saturated heterocycles. The number of likely N-dealkylation sites (tertiary alicyclic amines) is 1. The van der Waals surface area contributed by atoms with E-state index in [0.29, 0.717) is 23.6 Å². The number of carboxylic acids is 1. The second-order valence-electron chi connectivity index (χ2n) is 9.35. The fourth-order valence-corrected chi connectivity index (χ4v) is 5.35. The summed E-state index contributed by atoms with van der Waals surface area (Å²) in [6.45, 7) is 2.29. The van der Waals surface area contributed by atoms with Gasteiger partial charge in [-0.3, -0.25) is 19.0 Å². The molecule has 1 aliphatic heterocycles. The van der Waals surface area contributed by atoms with Crippen LogP contribution in [0.5, 0.6) is 0 Å². The van der Waals surface area contributed by atoms with Gasteiger partial charge in [-0.05, 0) is 58.7 Å². The van der Waals surface area contributed by atoms with E-state index in [1.807, 2.05) is 40.4 Å². The summed E-state index contributed by atoms with van der Waals surface area (Å²) in [6.07, 6.45) is 6.02. The Morgan fingerprint density at radius 3 is 2.58 bits per heavy atom. The van der Waals surface area contributed by atoms with Gasteiger partial charge in [0.1, 0.15) is 10.4 Å². The van der Waals surface area contributed by atoms with Crippen LogP contribution in [0.25, 0.3) is 28.1 Å². The van der Waals surface area contributed by atoms with Crippen LogP contribution >= 0.6 is 15.9 Å². The average Bonchev–Trinajstić information content (AvgIpc) is 3.60. The molecule has 6 rings (SSSR count). The first-order chi connectivity index (χ1) is 18.4. The third-order valence-corrected chi connectivity index (χ3v) is 7.81. The lowest BCUT2D eigenvalue weighted by atomic mass is 10.1. The Bertz CT molecular complexity index is 1700. The lowest BCUT2D eigenvalue weighted by molar-refractivity contribution is 0.0697. The normalized spacial score (nSPS) is 15.9. The maximum atomic E-state index is 13.8. The Morgan fingerprint density at radius 2 is 1.89 bits per heavy atom. The molecule has 5 aromatic rings. The van der Waals surface area contributed by atoms with Gasteiger partial charge in [0.05, 0.1) is 47.4 Å². The van der Waals surface area contributed by atoms with Gasteiger partial charge < -0.3 is 9.67 Å². The maximum Gasteiger partial charge on any atom is 0.335 e. The lowest BCUT2D eigenvalue weighted by Crippen LogP contribution is -2.29. The summed E-state index contributed by atoms with van der Waals surface area (Å²) >= 11 is 3.50. The van der Waals surface area contributed by atoms with Crippen molar-refractivity contribution in [2.75, 3.05) is 13.1 Å². The first kappa shape index (κ1) is 24.3. The van der Waals surface area contributed by atoms with E-state index in [9.17, 15) is 9.59 Å². The van der Waals surface area contributed by atoms with Gasteiger partial charge in [-0.15, -0.1) is 0 Å². The number of halogens is 1. The van der Waals surface area contributed by atoms with Crippen LogP contribution in [0.15, 0.2) is 76.5 Å². The summed E-state index contributed by atoms with van der Waals surface area (Å²) in [5.41, 5.74) is 3.57. The third kappa shape index (κ3) is 4.23. The van der Waals surface area contributed by atoms with Crippen LogP contribution in [0.3, 0.4) is 0 Å². The monoisotopic (exact) mass is 573 g/mol. The van der Waals surface area contributed by atoms with Crippen molar-refractivity contribution in [1.82, 2.24) is 33.6 Å². The van der Waals surface area contributed by atoms with Crippen molar-refractivity contribution in [2.24, 2.45) is 7.05 Å². The minimum absolute atomic E-state index is 0.00941. The van der Waals surface area contributed by atoms with E-state index < -0.39 is 5.97 Å². The number of aromatic nitrogens is 6. The Balaban J connectivity index is 1.31. The number of hydrogen-bond acceptors (Lipinski definition) is 6. The van der Waals surface area contributed by atoms with E-state index >= 15 is 0 Å². The molecule has 0 bridgehead atoms. The SMILES string of the molecule is Cn1c(Br)cnc1CN1CCC(n2c(=O)n(-c3ccc(-c4ccc(C(=O)O)cc4)nc3)c3cccnc32)C1. The van der Waals surface area contributed by atoms with Crippen LogP contribution in [0.4, 0.5) is 0 Å². The number of carbonyl (C=O) groups is 1. The highest BCUT2D eigenvalue weighted by atomic mass is 79.9. The number of benzene rings is 1. The molecule has 1 fully saturated rings. The highest BCUT2D eigenvalue weighted by Crippen LogP contribution is 2.27. The predicted octanol–water partition coefficient (Wildman–Crippen LogP) is 3.89. The number of imidazole rings is 2. The first-order valence-corrected chi connectivity index (χ1v) is 13.0. The summed E-state index contributed by atoms with van der Waals surface area (Å²) in [5.74, 6) is -0.00601. The Hall–Kier alpha value is -4.09. The van der Waals surface area contributed by atoms with Crippen molar-refractivity contribution in [3.63, 3.8) is 0 Å². The molecular formula is C27H24BrN7O3. The highest BCUT2D eigenvalue weighted by molar-refractivity contribution is 9.10. The molecule has 0 saturated carbocycles. The summed E-state index contributed by atoms with van der Waals surface area (Å²) in [7, 11) is 1.98. The number of pyridine rings is 2. The molecule has 0 spiro atoms. The van der Waals surface area contributed by atoms with Gasteiger partial charge in [0.25, 0.3) is 0 Å². The molecule has 10 nitrogen and oxygen atoms in total. The molecule has 192 valence electrons. The molecule has 1 atom stereocenters. The van der Waals surface area contributed by atoms with Crippen molar-refractivity contribution < 1.29 is 9.90 Å². The van der Waals surface area contributed by atoms with Crippen LogP contribution in [-0.4, -0.2) is 57.7 Å². The third-order valence-electron chi connectivity index (χ3n) is 7.07. The largest absolute Gasteiger partial charge is 0.478 e. The second-order valence-corrected chi connectivity index (χ2v) is 10.2. The van der Waals surface area contributed by atoms with Crippen molar-refractivity contribution in [3.05, 3.63) is 93.6 Å². The zero-order valence-electron chi connectivity index (χ0n) is 20.5. The molecular weight excluding hydrogens is 550 g/mol. The first-order valence-electron chi connectivity index (χ1n) is 12.2. The summed E-state index contributed by atoms with van der Waals surface area (Å²) < 4.78 is 6.42. The molecule has 1 aliphatic rings. The van der Waals surface area contributed by atoms with Crippen molar-refractivity contribution in [3.8, 4) is 16.9 Å². The van der Waals surface area contributed by atoms with Gasteiger partial charge in [0.15, 0.2) is 5.65 Å². The van der Waals surface area contributed by atoms with Crippen LogP contribution < -0.4 is 5.69 Å². The molecule has 1 N–H and O–H groups in total. The number of hydrogen-bond donors (Lipinski definition) is 1. The predicted molar refractivity (Wildman–Crippen MR) is 145 cm³/mol. The fraction of sp³-hybridized carbons (Fsp3) is 0.222. The van der Waals surface area contributed by atoms with Crippen LogP contribution in [-0.2, 0) is 13.6 Å². The van der Waals surface area contributed by atoms with Crippen molar-refractivity contribution >= 4 is 33.1 Å². The summed E-state index contributed by atoms with van der Waals surface area (Å²) in [6, 6.07) is 14.0. The van der Waals surface area contributed by atoms with E-state index in [1.54, 1.807) is 47.4 Å². The topological polar surface area (TPSA) is 111 Å². The molecule has 11 heteroatoms. The van der Waals surface area contributed by atoms with Crippen molar-refractivity contribution in [2.45, 2.75) is 19.0 Å². The maximum absolute atomic E-state index is 13.8. The summed E-state index contributed by atoms with van der Waals surface area (Å²) in [5, 5.41) is 9.13. The second kappa shape index (κ2) is 9.66. The highest BCUT2D eigenvalue weighted by Gasteiger charge is 2.29. The van der Waals surface area contributed by atoms with E-state index in [1.165, 1.54) is 0 Å². The molecule has 4 aromatic heterocycles. The minimum atomic E-state index is -0.973. The number of rotatable bonds is 6. The van der Waals surface area contributed by atoms with Gasteiger partial charge in [-0.2, -0.15) is 0 Å². The smallest absolute Gasteiger partial charge is 0.335 e. The summed E-state index contributed by atoms with van der Waals surface area (Å²) in [4.78, 5) is 40.9. The molecule has 5 heterocycles. The van der Waals surface area contributed by atoms with Crippen LogP contribution in [0.2, 0.25) is 0 Å². The van der Waals surface area contributed by atoms with Crippen LogP contribution in [0.1, 0.15) is 28.6 Å². The van der Waals surface area contributed by atoms with Crippen LogP contribution in [0, 0.1) is 0 Å². The van der Waals surface area contributed by atoms with Crippen molar-refractivity contribution in [1.29, 1.82) is 0 Å². The van der Waals surface area contributed by atoms with Gasteiger partial charge in [0, 0.05) is 31.9 Å². The quantitative estimate of drug-likeness (QED) is 0.328. The Morgan fingerprint density at radius 1 is 1.08 bits per heavy atom. The number of aromatic carboxylic acids is 1. The Kier molecular flexibility index (Phi) is 6.16. The molecule has 1 unspecified atom stereocenters. The molecule has 1 aromatic carbocycles. The number of nitrogens with zero attached hydrogens (tertiary/aromatic N) is 7. The number of fused-ring (bicyclic) bond motifs is 1. The Labute approximate surface area is 226 Å². The zero-order chi connectivity index (χ0) is 26.4. The van der Waals surface area contributed by atoms with E-state index in [0.717, 1.165) is 41.0 Å². The van der Waals surface area contributed by atoms with Gasteiger partial charge >= 0.3 is 11.7 Å². The number of carboxylic acid groups (broad SMARTS) is 1. The van der Waals surface area contributed by atoms with Gasteiger partial charge in [-0.25, -0.2) is 19.6 Å². The van der Waals surface area contributed by atoms with E-state index in [4.69, 9.17) is 5.11 Å². The van der Waals surface area contributed by atoms with E-state index in [-0.39, 0.29) is 17.3 Å². The molecule has 0 radical (unpaired) electrons. The molecule has 0 aliphatic carbocycles. The molecule has 38 heavy (non-hydrogen) atoms. The van der Waals surface area contributed by atoms with Gasteiger partial charge in [-0.1, -0.05) is 12.1 Å². The zero-order valence-corrected chi connectivity index (χ0v) is 22.1. The van der Waals surface area contributed by atoms with E-state index in [2.05, 4.69) is 35.8 Å².